The van der Waals surface area contributed by atoms with Crippen molar-refractivity contribution in [3.8, 4) is 0 Å². The molecule has 0 amide bonds. The van der Waals surface area contributed by atoms with Crippen molar-refractivity contribution in [3.05, 3.63) is 47.7 Å². The summed E-state index contributed by atoms with van der Waals surface area (Å²) in [4.78, 5) is 14.4. The fourth-order valence-electron chi connectivity index (χ4n) is 3.34. The Morgan fingerprint density at radius 1 is 1.12 bits per heavy atom. The molecule has 134 valence electrons. The maximum Gasteiger partial charge on any atom is 0.227 e. The Morgan fingerprint density at radius 2 is 1.80 bits per heavy atom. The Hall–Kier alpha value is -2.10. The first-order valence-corrected chi connectivity index (χ1v) is 9.44. The van der Waals surface area contributed by atoms with Gasteiger partial charge in [0.1, 0.15) is 5.82 Å². The zero-order chi connectivity index (χ0) is 17.8. The summed E-state index contributed by atoms with van der Waals surface area (Å²) in [5.41, 5.74) is 2.35. The average Bonchev–Trinajstić information content (AvgIpc) is 2.60. The molecule has 0 aliphatic carbocycles. The first-order chi connectivity index (χ1) is 12.0. The van der Waals surface area contributed by atoms with E-state index in [1.165, 1.54) is 18.4 Å². The third kappa shape index (κ3) is 4.50. The van der Waals surface area contributed by atoms with Gasteiger partial charge in [-0.05, 0) is 45.1 Å². The maximum atomic E-state index is 4.94. The fraction of sp³-hybridized carbons (Fsp3) is 0.524. The van der Waals surface area contributed by atoms with Gasteiger partial charge in [0.15, 0.2) is 0 Å². The van der Waals surface area contributed by atoms with Crippen LogP contribution in [0.25, 0.3) is 0 Å². The number of hydrogen-bond donors (Lipinski definition) is 0. The minimum absolute atomic E-state index is 0.378. The van der Waals surface area contributed by atoms with E-state index in [1.54, 1.807) is 0 Å². The lowest BCUT2D eigenvalue weighted by atomic mass is 10.00. The van der Waals surface area contributed by atoms with Gasteiger partial charge in [0.25, 0.3) is 0 Å². The molecule has 0 saturated carbocycles. The summed E-state index contributed by atoms with van der Waals surface area (Å²) >= 11 is 0. The molecule has 4 heteroatoms. The molecule has 0 radical (unpaired) electrons. The van der Waals surface area contributed by atoms with Crippen LogP contribution in [0.1, 0.15) is 44.9 Å². The largest absolute Gasteiger partial charge is 0.350 e. The number of rotatable bonds is 5. The summed E-state index contributed by atoms with van der Waals surface area (Å²) in [5.74, 6) is 2.73. The highest BCUT2D eigenvalue weighted by molar-refractivity contribution is 5.47. The van der Waals surface area contributed by atoms with Gasteiger partial charge in [-0.1, -0.05) is 37.3 Å². The molecular weight excluding hydrogens is 308 g/mol. The van der Waals surface area contributed by atoms with Crippen molar-refractivity contribution >= 4 is 11.8 Å². The SMILES string of the molecule is Cc1cc(N(Cc2ccccc2)C(C)C)nc(N2CCC(C)CC2)n1. The highest BCUT2D eigenvalue weighted by Gasteiger charge is 2.20. The van der Waals surface area contributed by atoms with Gasteiger partial charge < -0.3 is 9.80 Å². The van der Waals surface area contributed by atoms with Crippen molar-refractivity contribution in [2.45, 2.75) is 53.1 Å². The first-order valence-electron chi connectivity index (χ1n) is 9.44. The molecule has 1 aromatic heterocycles. The van der Waals surface area contributed by atoms with Crippen LogP contribution in [0, 0.1) is 12.8 Å². The van der Waals surface area contributed by atoms with Crippen molar-refractivity contribution in [1.29, 1.82) is 0 Å². The van der Waals surface area contributed by atoms with Crippen LogP contribution >= 0.6 is 0 Å². The number of benzene rings is 1. The molecule has 3 rings (SSSR count). The second-order valence-electron chi connectivity index (χ2n) is 7.54. The standard InChI is InChI=1S/C21H30N4/c1-16(2)25(15-19-8-6-5-7-9-19)20-14-18(4)22-21(23-20)24-12-10-17(3)11-13-24/h5-9,14,16-17H,10-13,15H2,1-4H3. The zero-order valence-corrected chi connectivity index (χ0v) is 15.9. The number of piperidine rings is 1. The van der Waals surface area contributed by atoms with Crippen LogP contribution in [0.2, 0.25) is 0 Å². The Labute approximate surface area is 151 Å². The van der Waals surface area contributed by atoms with E-state index in [9.17, 15) is 0 Å². The third-order valence-corrected chi connectivity index (χ3v) is 5.01. The van der Waals surface area contributed by atoms with Crippen molar-refractivity contribution < 1.29 is 0 Å². The number of anilines is 2. The number of nitrogens with zero attached hydrogens (tertiary/aromatic N) is 4. The van der Waals surface area contributed by atoms with Crippen LogP contribution in [-0.2, 0) is 6.54 Å². The first kappa shape index (κ1) is 17.7. The van der Waals surface area contributed by atoms with Gasteiger partial charge in [-0.25, -0.2) is 4.98 Å². The predicted octanol–water partition coefficient (Wildman–Crippen LogP) is 4.44. The van der Waals surface area contributed by atoms with Gasteiger partial charge in [-0.15, -0.1) is 0 Å². The average molecular weight is 338 g/mol. The van der Waals surface area contributed by atoms with Crippen molar-refractivity contribution in [3.63, 3.8) is 0 Å². The predicted molar refractivity (Wildman–Crippen MR) is 105 cm³/mol. The van der Waals surface area contributed by atoms with Crippen molar-refractivity contribution in [1.82, 2.24) is 9.97 Å². The van der Waals surface area contributed by atoms with Crippen molar-refractivity contribution in [2.24, 2.45) is 5.92 Å². The lowest BCUT2D eigenvalue weighted by molar-refractivity contribution is 0.434. The highest BCUT2D eigenvalue weighted by Crippen LogP contribution is 2.25. The quantitative estimate of drug-likeness (QED) is 0.807. The molecule has 0 atom stereocenters. The molecule has 0 unspecified atom stereocenters. The summed E-state index contributed by atoms with van der Waals surface area (Å²) in [6.45, 7) is 11.8. The molecule has 2 aromatic rings. The Kier molecular flexibility index (Phi) is 5.57. The molecule has 0 bridgehead atoms. The van der Waals surface area contributed by atoms with Gasteiger partial charge in [0.2, 0.25) is 5.95 Å². The third-order valence-electron chi connectivity index (χ3n) is 5.01. The van der Waals surface area contributed by atoms with Gasteiger partial charge in [-0.2, -0.15) is 4.98 Å². The molecule has 1 saturated heterocycles. The van der Waals surface area contributed by atoms with E-state index in [0.29, 0.717) is 6.04 Å². The fourth-order valence-corrected chi connectivity index (χ4v) is 3.34. The summed E-state index contributed by atoms with van der Waals surface area (Å²) < 4.78 is 0. The molecule has 2 heterocycles. The smallest absolute Gasteiger partial charge is 0.227 e. The Bertz CT molecular complexity index is 676. The van der Waals surface area contributed by atoms with Crippen molar-refractivity contribution in [2.75, 3.05) is 22.9 Å². The van der Waals surface area contributed by atoms with Crippen LogP contribution in [0.3, 0.4) is 0 Å². The summed E-state index contributed by atoms with van der Waals surface area (Å²) in [5, 5.41) is 0. The van der Waals surface area contributed by atoms with E-state index >= 15 is 0 Å². The van der Waals surface area contributed by atoms with Crippen LogP contribution in [0.15, 0.2) is 36.4 Å². The minimum Gasteiger partial charge on any atom is -0.350 e. The second kappa shape index (κ2) is 7.85. The molecule has 1 aromatic carbocycles. The van der Waals surface area contributed by atoms with E-state index in [0.717, 1.165) is 43.0 Å². The van der Waals surface area contributed by atoms with E-state index in [-0.39, 0.29) is 0 Å². The molecular formula is C21H30N4. The minimum atomic E-state index is 0.378. The van der Waals surface area contributed by atoms with Gasteiger partial charge >= 0.3 is 0 Å². The summed E-state index contributed by atoms with van der Waals surface area (Å²) in [6.07, 6.45) is 2.45. The zero-order valence-electron chi connectivity index (χ0n) is 15.9. The lowest BCUT2D eigenvalue weighted by Gasteiger charge is -2.32. The monoisotopic (exact) mass is 338 g/mol. The highest BCUT2D eigenvalue weighted by atomic mass is 15.3. The molecule has 1 aliphatic heterocycles. The summed E-state index contributed by atoms with van der Waals surface area (Å²) in [6, 6.07) is 13.1. The van der Waals surface area contributed by atoms with Crippen LogP contribution in [0.5, 0.6) is 0 Å². The van der Waals surface area contributed by atoms with Crippen LogP contribution < -0.4 is 9.80 Å². The Morgan fingerprint density at radius 3 is 2.44 bits per heavy atom. The summed E-state index contributed by atoms with van der Waals surface area (Å²) in [7, 11) is 0. The second-order valence-corrected chi connectivity index (χ2v) is 7.54. The van der Waals surface area contributed by atoms with Crippen LogP contribution in [-0.4, -0.2) is 29.1 Å². The maximum absolute atomic E-state index is 4.94. The van der Waals surface area contributed by atoms with E-state index in [2.05, 4.69) is 73.9 Å². The molecule has 0 N–H and O–H groups in total. The molecule has 4 nitrogen and oxygen atoms in total. The molecule has 25 heavy (non-hydrogen) atoms. The molecule has 1 fully saturated rings. The lowest BCUT2D eigenvalue weighted by Crippen LogP contribution is -2.35. The number of aromatic nitrogens is 2. The Balaban J connectivity index is 1.86. The number of aryl methyl sites for hydroxylation is 1. The topological polar surface area (TPSA) is 32.3 Å². The van der Waals surface area contributed by atoms with Gasteiger partial charge in [-0.3, -0.25) is 0 Å². The van der Waals surface area contributed by atoms with Crippen LogP contribution in [0.4, 0.5) is 11.8 Å². The van der Waals surface area contributed by atoms with E-state index in [4.69, 9.17) is 9.97 Å². The molecule has 1 aliphatic rings. The van der Waals surface area contributed by atoms with Gasteiger partial charge in [0, 0.05) is 37.4 Å². The normalized spacial score (nSPS) is 15.6. The number of hydrogen-bond acceptors (Lipinski definition) is 4. The van der Waals surface area contributed by atoms with Gasteiger partial charge in [0.05, 0.1) is 0 Å². The van der Waals surface area contributed by atoms with E-state index in [1.807, 2.05) is 0 Å². The molecule has 0 spiro atoms. The van der Waals surface area contributed by atoms with E-state index < -0.39 is 0 Å².